The number of ether oxygens (including phenoxy) is 1. The molecule has 1 atom stereocenters. The number of rotatable bonds is 4. The molecule has 0 bridgehead atoms. The average molecular weight is 269 g/mol. The van der Waals surface area contributed by atoms with Crippen molar-refractivity contribution in [1.82, 2.24) is 4.90 Å². The Hall–Kier alpha value is -1.06. The molecule has 1 rings (SSSR count). The van der Waals surface area contributed by atoms with Gasteiger partial charge in [0.05, 0.1) is 6.42 Å². The van der Waals surface area contributed by atoms with Crippen LogP contribution in [-0.4, -0.2) is 36.5 Å². The largest absolute Gasteiger partial charge is 0.459 e. The number of nitrogens with zero attached hydrogens (tertiary/aromatic N) is 1. The number of hydrogen-bond acceptors (Lipinski definition) is 3. The van der Waals surface area contributed by atoms with Crippen molar-refractivity contribution in [2.45, 2.75) is 64.9 Å². The lowest BCUT2D eigenvalue weighted by atomic mass is 9.70. The summed E-state index contributed by atoms with van der Waals surface area (Å²) in [5.74, 6) is -0.290. The number of carbonyl (C=O) groups excluding carboxylic acids is 2. The van der Waals surface area contributed by atoms with Gasteiger partial charge >= 0.3 is 5.97 Å². The van der Waals surface area contributed by atoms with Crippen LogP contribution in [0.25, 0.3) is 0 Å². The van der Waals surface area contributed by atoms with Gasteiger partial charge in [-0.25, -0.2) is 0 Å². The molecule has 0 aromatic heterocycles. The first-order chi connectivity index (χ1) is 8.64. The Kier molecular flexibility index (Phi) is 4.99. The fourth-order valence-electron chi connectivity index (χ4n) is 2.98. The molecule has 110 valence electrons. The highest BCUT2D eigenvalue weighted by atomic mass is 16.6. The first kappa shape index (κ1) is 16.0. The molecule has 0 aromatic carbocycles. The van der Waals surface area contributed by atoms with Crippen LogP contribution in [0.3, 0.4) is 0 Å². The minimum absolute atomic E-state index is 0.0360. The van der Waals surface area contributed by atoms with Gasteiger partial charge in [-0.2, -0.15) is 0 Å². The van der Waals surface area contributed by atoms with E-state index in [1.54, 1.807) is 14.1 Å². The molecule has 1 saturated carbocycles. The molecular formula is C15H27NO3. The van der Waals surface area contributed by atoms with Crippen LogP contribution in [0.5, 0.6) is 0 Å². The fourth-order valence-corrected chi connectivity index (χ4v) is 2.98. The molecule has 1 amide bonds. The van der Waals surface area contributed by atoms with Crippen LogP contribution < -0.4 is 0 Å². The minimum atomic E-state index is -0.361. The summed E-state index contributed by atoms with van der Waals surface area (Å²) < 4.78 is 5.63. The van der Waals surface area contributed by atoms with Crippen molar-refractivity contribution >= 4 is 11.9 Å². The second kappa shape index (κ2) is 5.93. The van der Waals surface area contributed by atoms with Gasteiger partial charge in [0.25, 0.3) is 0 Å². The topological polar surface area (TPSA) is 46.6 Å². The second-order valence-corrected chi connectivity index (χ2v) is 6.91. The van der Waals surface area contributed by atoms with Gasteiger partial charge in [0.1, 0.15) is 5.60 Å². The Labute approximate surface area is 116 Å². The van der Waals surface area contributed by atoms with Gasteiger partial charge in [-0.1, -0.05) is 13.8 Å². The minimum Gasteiger partial charge on any atom is -0.459 e. The zero-order chi connectivity index (χ0) is 14.7. The van der Waals surface area contributed by atoms with E-state index in [4.69, 9.17) is 4.74 Å². The molecule has 0 saturated heterocycles. The van der Waals surface area contributed by atoms with Crippen molar-refractivity contribution in [1.29, 1.82) is 0 Å². The zero-order valence-corrected chi connectivity index (χ0v) is 12.9. The van der Waals surface area contributed by atoms with E-state index >= 15 is 0 Å². The van der Waals surface area contributed by atoms with Crippen LogP contribution in [-0.2, 0) is 14.3 Å². The Bertz CT molecular complexity index is 349. The van der Waals surface area contributed by atoms with Gasteiger partial charge in [0, 0.05) is 20.5 Å². The van der Waals surface area contributed by atoms with Crippen molar-refractivity contribution in [2.24, 2.45) is 5.41 Å². The molecule has 0 radical (unpaired) electrons. The van der Waals surface area contributed by atoms with Crippen LogP contribution in [0.2, 0.25) is 0 Å². The third-order valence-electron chi connectivity index (χ3n) is 3.81. The summed E-state index contributed by atoms with van der Waals surface area (Å²) in [5.41, 5.74) is -0.132. The third kappa shape index (κ3) is 5.21. The highest BCUT2D eigenvalue weighted by Crippen LogP contribution is 2.42. The molecule has 1 unspecified atom stereocenters. The predicted octanol–water partition coefficient (Wildman–Crippen LogP) is 2.76. The molecule has 4 heteroatoms. The number of amides is 1. The van der Waals surface area contributed by atoms with Crippen molar-refractivity contribution in [3.63, 3.8) is 0 Å². The Morgan fingerprint density at radius 3 is 2.26 bits per heavy atom. The molecule has 4 nitrogen and oxygen atoms in total. The van der Waals surface area contributed by atoms with E-state index in [1.807, 2.05) is 6.92 Å². The summed E-state index contributed by atoms with van der Waals surface area (Å²) in [6.07, 6.45) is 4.49. The van der Waals surface area contributed by atoms with E-state index in [0.717, 1.165) is 19.3 Å². The van der Waals surface area contributed by atoms with Gasteiger partial charge in [-0.05, 0) is 38.0 Å². The first-order valence-corrected chi connectivity index (χ1v) is 7.06. The summed E-state index contributed by atoms with van der Waals surface area (Å²) >= 11 is 0. The monoisotopic (exact) mass is 269 g/mol. The molecule has 0 N–H and O–H groups in total. The zero-order valence-electron chi connectivity index (χ0n) is 12.9. The predicted molar refractivity (Wildman–Crippen MR) is 74.7 cm³/mol. The molecule has 1 aliphatic carbocycles. The lowest BCUT2D eigenvalue weighted by Gasteiger charge is -2.42. The normalized spacial score (nSPS) is 25.7. The lowest BCUT2D eigenvalue weighted by Crippen LogP contribution is -2.40. The fraction of sp³-hybridized carbons (Fsp3) is 0.867. The van der Waals surface area contributed by atoms with Crippen LogP contribution in [0.1, 0.15) is 59.3 Å². The van der Waals surface area contributed by atoms with E-state index in [9.17, 15) is 9.59 Å². The van der Waals surface area contributed by atoms with Gasteiger partial charge in [0.2, 0.25) is 5.91 Å². The van der Waals surface area contributed by atoms with Crippen molar-refractivity contribution < 1.29 is 14.3 Å². The second-order valence-electron chi connectivity index (χ2n) is 6.91. The Morgan fingerprint density at radius 2 is 1.74 bits per heavy atom. The van der Waals surface area contributed by atoms with Crippen LogP contribution >= 0.6 is 0 Å². The molecule has 19 heavy (non-hydrogen) atoms. The summed E-state index contributed by atoms with van der Waals surface area (Å²) in [6.45, 7) is 6.45. The van der Waals surface area contributed by atoms with Crippen molar-refractivity contribution in [2.75, 3.05) is 14.1 Å². The number of carbonyl (C=O) groups is 2. The van der Waals surface area contributed by atoms with Crippen LogP contribution in [0.4, 0.5) is 0 Å². The van der Waals surface area contributed by atoms with E-state index in [-0.39, 0.29) is 35.7 Å². The molecule has 0 aliphatic heterocycles. The maximum absolute atomic E-state index is 11.9. The molecule has 0 aromatic rings. The molecule has 0 heterocycles. The van der Waals surface area contributed by atoms with Gasteiger partial charge in [-0.3, -0.25) is 9.59 Å². The first-order valence-electron chi connectivity index (χ1n) is 7.06. The van der Waals surface area contributed by atoms with Crippen molar-refractivity contribution in [3.05, 3.63) is 0 Å². The van der Waals surface area contributed by atoms with Gasteiger partial charge in [0.15, 0.2) is 0 Å². The summed E-state index contributed by atoms with van der Waals surface area (Å²) in [7, 11) is 3.39. The van der Waals surface area contributed by atoms with E-state index in [1.165, 1.54) is 11.3 Å². The Morgan fingerprint density at radius 1 is 1.11 bits per heavy atom. The standard InChI is InChI=1S/C15H27NO3/c1-14(2)9-6-10-15(3,11-14)19-13(18)8-7-12(17)16(4)5/h6-11H2,1-5H3. The SMILES string of the molecule is CN(C)C(=O)CCC(=O)OC1(C)CCCC(C)(C)C1. The maximum Gasteiger partial charge on any atom is 0.306 e. The number of hydrogen-bond donors (Lipinski definition) is 0. The average Bonchev–Trinajstić information content (AvgIpc) is 2.22. The highest BCUT2D eigenvalue weighted by molar-refractivity contribution is 5.81. The van der Waals surface area contributed by atoms with E-state index < -0.39 is 0 Å². The maximum atomic E-state index is 11.9. The molecule has 1 fully saturated rings. The quantitative estimate of drug-likeness (QED) is 0.737. The van der Waals surface area contributed by atoms with Gasteiger partial charge < -0.3 is 9.64 Å². The smallest absolute Gasteiger partial charge is 0.306 e. The van der Waals surface area contributed by atoms with E-state index in [0.29, 0.717) is 0 Å². The summed E-state index contributed by atoms with van der Waals surface area (Å²) in [5, 5.41) is 0. The third-order valence-corrected chi connectivity index (χ3v) is 3.81. The van der Waals surface area contributed by atoms with Gasteiger partial charge in [-0.15, -0.1) is 0 Å². The highest BCUT2D eigenvalue weighted by Gasteiger charge is 2.39. The van der Waals surface area contributed by atoms with E-state index in [2.05, 4.69) is 13.8 Å². The summed E-state index contributed by atoms with van der Waals surface area (Å²) in [6, 6.07) is 0. The van der Waals surface area contributed by atoms with Crippen molar-refractivity contribution in [3.8, 4) is 0 Å². The molecule has 1 aliphatic rings. The van der Waals surface area contributed by atoms with Crippen LogP contribution in [0, 0.1) is 5.41 Å². The Balaban J connectivity index is 2.45. The lowest BCUT2D eigenvalue weighted by molar-refractivity contribution is -0.166. The molecule has 0 spiro atoms. The van der Waals surface area contributed by atoms with Crippen LogP contribution in [0.15, 0.2) is 0 Å². The number of esters is 1. The summed E-state index contributed by atoms with van der Waals surface area (Å²) in [4.78, 5) is 24.8. The molecular weight excluding hydrogens is 242 g/mol.